The molecular weight excluding hydrogens is 753 g/mol. The molecule has 0 amide bonds. The van der Waals surface area contributed by atoms with Crippen molar-refractivity contribution < 1.29 is 0 Å². The van der Waals surface area contributed by atoms with Crippen LogP contribution in [0, 0.1) is 27.7 Å². The van der Waals surface area contributed by atoms with Crippen molar-refractivity contribution in [1.29, 1.82) is 0 Å². The van der Waals surface area contributed by atoms with Gasteiger partial charge in [-0.2, -0.15) is 0 Å². The third-order valence-corrected chi connectivity index (χ3v) is 22.7. The second-order valence-electron chi connectivity index (χ2n) is 19.9. The second kappa shape index (κ2) is 12.5. The first-order valence-corrected chi connectivity index (χ1v) is 24.9. The number of nitrogens with zero attached hydrogens (tertiary/aromatic N) is 4. The fourth-order valence-corrected chi connectivity index (χ4v) is 22.3. The molecule has 0 radical (unpaired) electrons. The van der Waals surface area contributed by atoms with Crippen LogP contribution in [0.25, 0.3) is 0 Å². The molecule has 0 aliphatic carbocycles. The molecule has 57 heavy (non-hydrogen) atoms. The maximum atomic E-state index is 2.72. The summed E-state index contributed by atoms with van der Waals surface area (Å²) in [6, 6.07) is 45.0. The van der Waals surface area contributed by atoms with Crippen LogP contribution in [-0.4, -0.2) is 29.9 Å². The van der Waals surface area contributed by atoms with Gasteiger partial charge in [0, 0.05) is 0 Å². The normalized spacial score (nSPS) is 15.1. The van der Waals surface area contributed by atoms with Crippen molar-refractivity contribution in [2.24, 2.45) is 0 Å². The fraction of sp³-hybridized carbons (Fsp3) is 0.308. The molecule has 290 valence electrons. The van der Waals surface area contributed by atoms with Crippen LogP contribution < -0.4 is 37.2 Å². The van der Waals surface area contributed by atoms with E-state index in [1.807, 2.05) is 0 Å². The molecule has 5 heteroatoms. The van der Waals surface area contributed by atoms with Crippen LogP contribution in [0.2, 0.25) is 0 Å². The summed E-state index contributed by atoms with van der Waals surface area (Å²) in [6.45, 7) is 30.5. The molecule has 0 N–H and O–H groups in total. The van der Waals surface area contributed by atoms with E-state index in [1.54, 1.807) is 13.2 Å². The summed E-state index contributed by atoms with van der Waals surface area (Å²) < 4.78 is 6.18. The van der Waals surface area contributed by atoms with Gasteiger partial charge in [0.15, 0.2) is 0 Å². The summed E-state index contributed by atoms with van der Waals surface area (Å²) in [6.07, 6.45) is 0. The standard InChI is InChI=1S/C52H58GeN4/c1-33-19-23-38(24-20-33)54(39-25-21-34(2)22-26-39)40-31-45-49-46(32-40)57(52(11,12)13)44-30-36(4)28-42-48(44)53(49,37-17-15-14-16-18-37)47-41(55(42)50(5,6)7)27-35(3)29-43(47)56(45)51(8,9)10/h14-32H,1-13H3. The summed E-state index contributed by atoms with van der Waals surface area (Å²) >= 11 is -3.86. The zero-order valence-corrected chi connectivity index (χ0v) is 38.4. The molecular formula is C52H58GeN4. The maximum absolute atomic E-state index is 3.86. The van der Waals surface area contributed by atoms with Crippen molar-refractivity contribution in [3.05, 3.63) is 138 Å². The molecule has 6 aromatic carbocycles. The minimum atomic E-state index is -3.86. The van der Waals surface area contributed by atoms with E-state index in [9.17, 15) is 0 Å². The van der Waals surface area contributed by atoms with Gasteiger partial charge in [0.05, 0.1) is 0 Å². The Bertz CT molecular complexity index is 2420. The molecule has 6 aromatic rings. The van der Waals surface area contributed by atoms with Crippen LogP contribution in [-0.2, 0) is 0 Å². The van der Waals surface area contributed by atoms with E-state index in [-0.39, 0.29) is 16.6 Å². The van der Waals surface area contributed by atoms with Gasteiger partial charge in [-0.1, -0.05) is 0 Å². The van der Waals surface area contributed by atoms with E-state index >= 15 is 0 Å². The average molecular weight is 812 g/mol. The van der Waals surface area contributed by atoms with Crippen LogP contribution in [0.1, 0.15) is 84.6 Å². The Balaban J connectivity index is 1.53. The van der Waals surface area contributed by atoms with Gasteiger partial charge in [0.1, 0.15) is 0 Å². The zero-order valence-electron chi connectivity index (χ0n) is 36.3. The number of hydrogen-bond donors (Lipinski definition) is 0. The van der Waals surface area contributed by atoms with Gasteiger partial charge in [0.2, 0.25) is 0 Å². The number of hydrogen-bond acceptors (Lipinski definition) is 4. The topological polar surface area (TPSA) is 13.0 Å². The SMILES string of the molecule is Cc1ccc(N(c2ccc(C)cc2)c2cc3[c]4c(c2)N(C(C)(C)C)c2cc(C)cc5[c]2[Ge]4([c]2ccccc2)[c]2c(cc(C)cc2N3C(C)(C)C)N5C(C)(C)C)cc1. The Hall–Kier alpha value is -4.94. The van der Waals surface area contributed by atoms with E-state index in [0.717, 1.165) is 11.4 Å². The molecule has 0 fully saturated rings. The predicted molar refractivity (Wildman–Crippen MR) is 249 cm³/mol. The molecule has 0 bridgehead atoms. The molecule has 3 aliphatic heterocycles. The van der Waals surface area contributed by atoms with Gasteiger partial charge in [0.25, 0.3) is 0 Å². The Morgan fingerprint density at radius 1 is 0.368 bits per heavy atom. The summed E-state index contributed by atoms with van der Waals surface area (Å²) in [5.41, 5.74) is 16.1. The molecule has 0 aromatic heterocycles. The van der Waals surface area contributed by atoms with Crippen molar-refractivity contribution in [2.75, 3.05) is 19.6 Å². The van der Waals surface area contributed by atoms with Crippen LogP contribution >= 0.6 is 0 Å². The molecule has 0 saturated heterocycles. The minimum absolute atomic E-state index is 0.166. The summed E-state index contributed by atoms with van der Waals surface area (Å²) in [4.78, 5) is 10.6. The molecule has 9 rings (SSSR count). The quantitative estimate of drug-likeness (QED) is 0.164. The molecule has 0 unspecified atom stereocenters. The van der Waals surface area contributed by atoms with Crippen molar-refractivity contribution in [2.45, 2.75) is 107 Å². The van der Waals surface area contributed by atoms with Crippen LogP contribution in [0.4, 0.5) is 51.2 Å². The third-order valence-electron chi connectivity index (χ3n) is 12.2. The number of anilines is 9. The summed E-state index contributed by atoms with van der Waals surface area (Å²) in [5.74, 6) is 0. The molecule has 3 heterocycles. The van der Waals surface area contributed by atoms with Gasteiger partial charge < -0.3 is 0 Å². The summed E-state index contributed by atoms with van der Waals surface area (Å²) in [7, 11) is 0. The molecule has 0 atom stereocenters. The van der Waals surface area contributed by atoms with Crippen molar-refractivity contribution in [1.82, 2.24) is 0 Å². The van der Waals surface area contributed by atoms with Crippen LogP contribution in [0.5, 0.6) is 0 Å². The van der Waals surface area contributed by atoms with Gasteiger partial charge in [-0.15, -0.1) is 0 Å². The van der Waals surface area contributed by atoms with E-state index in [0.29, 0.717) is 0 Å². The number of rotatable bonds is 4. The van der Waals surface area contributed by atoms with Crippen molar-refractivity contribution >= 4 is 82.0 Å². The van der Waals surface area contributed by atoms with Crippen molar-refractivity contribution in [3.8, 4) is 0 Å². The molecule has 4 nitrogen and oxygen atoms in total. The monoisotopic (exact) mass is 812 g/mol. The Morgan fingerprint density at radius 2 is 0.684 bits per heavy atom. The summed E-state index contributed by atoms with van der Waals surface area (Å²) in [5, 5.41) is 0. The average Bonchev–Trinajstić information content (AvgIpc) is 3.11. The fourth-order valence-electron chi connectivity index (χ4n) is 10.3. The third kappa shape index (κ3) is 5.53. The van der Waals surface area contributed by atoms with E-state index in [4.69, 9.17) is 0 Å². The van der Waals surface area contributed by atoms with Crippen LogP contribution in [0.15, 0.2) is 115 Å². The Morgan fingerprint density at radius 3 is 1.00 bits per heavy atom. The van der Waals surface area contributed by atoms with Gasteiger partial charge in [-0.3, -0.25) is 0 Å². The number of aryl methyl sites for hydroxylation is 4. The second-order valence-corrected chi connectivity index (χ2v) is 27.4. The molecule has 0 saturated carbocycles. The molecule has 3 aliphatic rings. The first kappa shape index (κ1) is 37.6. The van der Waals surface area contributed by atoms with Gasteiger partial charge in [-0.05, 0) is 0 Å². The predicted octanol–water partition coefficient (Wildman–Crippen LogP) is 11.5. The first-order valence-electron chi connectivity index (χ1n) is 20.7. The number of benzene rings is 6. The van der Waals surface area contributed by atoms with E-state index in [2.05, 4.69) is 225 Å². The van der Waals surface area contributed by atoms with Crippen LogP contribution in [0.3, 0.4) is 0 Å². The van der Waals surface area contributed by atoms with E-state index < -0.39 is 13.3 Å². The Labute approximate surface area is 344 Å². The zero-order chi connectivity index (χ0) is 40.6. The van der Waals surface area contributed by atoms with Gasteiger partial charge in [-0.25, -0.2) is 0 Å². The van der Waals surface area contributed by atoms with Gasteiger partial charge >= 0.3 is 346 Å². The first-order chi connectivity index (χ1) is 26.8. The van der Waals surface area contributed by atoms with Crippen molar-refractivity contribution in [3.63, 3.8) is 0 Å². The Kier molecular flexibility index (Phi) is 8.27. The molecule has 0 spiro atoms. The van der Waals surface area contributed by atoms with E-state index in [1.165, 1.54) is 66.5 Å².